The van der Waals surface area contributed by atoms with Gasteiger partial charge in [0.2, 0.25) is 10.0 Å². The second-order valence-electron chi connectivity index (χ2n) is 4.83. The topological polar surface area (TPSA) is 76.3 Å². The number of fused-ring (bicyclic) bond motifs is 1. The predicted octanol–water partition coefficient (Wildman–Crippen LogP) is 1.98. The smallest absolute Gasteiger partial charge is 0.243 e. The van der Waals surface area contributed by atoms with Gasteiger partial charge in [0.05, 0.1) is 4.90 Å². The van der Waals surface area contributed by atoms with E-state index in [4.69, 9.17) is 18.1 Å². The van der Waals surface area contributed by atoms with Crippen molar-refractivity contribution in [1.82, 2.24) is 9.29 Å². The lowest BCUT2D eigenvalue weighted by Gasteiger charge is -2.32. The van der Waals surface area contributed by atoms with Crippen LogP contribution in [0.4, 0.5) is 0 Å². The molecule has 5 nitrogen and oxygen atoms in total. The highest BCUT2D eigenvalue weighted by atomic mass is 32.2. The maximum Gasteiger partial charge on any atom is 0.243 e. The van der Waals surface area contributed by atoms with Crippen LogP contribution >= 0.6 is 0 Å². The van der Waals surface area contributed by atoms with Crippen LogP contribution in [0.25, 0.3) is 10.8 Å². The molecule has 0 aliphatic carbocycles. The molecule has 0 spiro atoms. The van der Waals surface area contributed by atoms with Gasteiger partial charge in [-0.25, -0.2) is 8.42 Å². The molecule has 1 saturated heterocycles. The summed E-state index contributed by atoms with van der Waals surface area (Å²) < 4.78 is 101. The Labute approximate surface area is 143 Å². The van der Waals surface area contributed by atoms with Gasteiger partial charge in [-0.15, -0.1) is 0 Å². The first kappa shape index (κ1) is 7.86. The molecule has 1 aromatic heterocycles. The molecular formula is C16H21N3O2S. The van der Waals surface area contributed by atoms with Crippen molar-refractivity contribution < 1.29 is 20.8 Å². The lowest BCUT2D eigenvalue weighted by Crippen LogP contribution is -2.42. The zero-order valence-corrected chi connectivity index (χ0v) is 12.6. The molecule has 1 aliphatic rings. The van der Waals surface area contributed by atoms with Crippen LogP contribution < -0.4 is 5.73 Å². The van der Waals surface area contributed by atoms with E-state index in [1.807, 2.05) is 0 Å². The molecular weight excluding hydrogens is 298 g/mol. The van der Waals surface area contributed by atoms with Crippen molar-refractivity contribution in [3.8, 4) is 0 Å². The van der Waals surface area contributed by atoms with Crippen LogP contribution in [0.1, 0.15) is 32.0 Å². The molecule has 6 heteroatoms. The van der Waals surface area contributed by atoms with Crippen LogP contribution in [0.5, 0.6) is 0 Å². The van der Waals surface area contributed by atoms with E-state index in [1.165, 1.54) is 24.5 Å². The standard InChI is InChI=1S/C16H21N3O2S/c1-12(17)13-5-8-19(9-6-13)22(20,21)16-3-2-15-11-18-7-4-14(15)10-16/h2-4,7,10-13H,5-6,8-9,17H2,1H3/t12-/m1/s1/i5D2,6D2,8D2,9D2,13D. The van der Waals surface area contributed by atoms with Gasteiger partial charge in [0.15, 0.2) is 0 Å². The van der Waals surface area contributed by atoms with Crippen LogP contribution in [0, 0.1) is 5.89 Å². The van der Waals surface area contributed by atoms with E-state index >= 15 is 0 Å². The number of aromatic nitrogens is 1. The number of benzene rings is 1. The molecule has 1 aliphatic heterocycles. The molecule has 118 valence electrons. The normalized spacial score (nSPS) is 36.0. The molecule has 0 radical (unpaired) electrons. The Hall–Kier alpha value is -1.50. The van der Waals surface area contributed by atoms with Crippen molar-refractivity contribution in [2.24, 2.45) is 11.6 Å². The van der Waals surface area contributed by atoms with Gasteiger partial charge in [0.1, 0.15) is 0 Å². The molecule has 0 unspecified atom stereocenters. The second kappa shape index (κ2) is 5.95. The minimum absolute atomic E-state index is 0.394. The van der Waals surface area contributed by atoms with Gasteiger partial charge in [-0.3, -0.25) is 4.98 Å². The largest absolute Gasteiger partial charge is 0.328 e. The summed E-state index contributed by atoms with van der Waals surface area (Å²) in [5, 5.41) is 0.949. The summed E-state index contributed by atoms with van der Waals surface area (Å²) >= 11 is 0. The van der Waals surface area contributed by atoms with Gasteiger partial charge < -0.3 is 5.73 Å². The fourth-order valence-electron chi connectivity index (χ4n) is 1.96. The third-order valence-corrected chi connectivity index (χ3v) is 4.70. The first-order valence-electron chi connectivity index (χ1n) is 11.0. The number of nitrogens with two attached hydrogens (primary N) is 1. The van der Waals surface area contributed by atoms with Crippen LogP contribution in [0.3, 0.4) is 0 Å². The number of rotatable bonds is 3. The van der Waals surface area contributed by atoms with Gasteiger partial charge in [0, 0.05) is 49.2 Å². The molecule has 2 N–H and O–H groups in total. The van der Waals surface area contributed by atoms with Crippen molar-refractivity contribution in [1.29, 1.82) is 0 Å². The van der Waals surface area contributed by atoms with E-state index < -0.39 is 56.9 Å². The molecule has 2 aromatic rings. The Balaban J connectivity index is 2.33. The lowest BCUT2D eigenvalue weighted by atomic mass is 9.92. The highest BCUT2D eigenvalue weighted by Crippen LogP contribution is 2.26. The van der Waals surface area contributed by atoms with E-state index in [1.54, 1.807) is 0 Å². The maximum absolute atomic E-state index is 13.4. The minimum atomic E-state index is -5.13. The van der Waals surface area contributed by atoms with Crippen molar-refractivity contribution in [2.75, 3.05) is 13.0 Å². The van der Waals surface area contributed by atoms with Gasteiger partial charge in [-0.05, 0) is 49.1 Å². The Kier molecular flexibility index (Phi) is 2.12. The van der Waals surface area contributed by atoms with E-state index in [0.717, 1.165) is 19.1 Å². The number of hydrogen-bond acceptors (Lipinski definition) is 4. The third-order valence-electron chi connectivity index (χ3n) is 3.19. The molecule has 0 amide bonds. The zero-order valence-electron chi connectivity index (χ0n) is 20.7. The Morgan fingerprint density at radius 3 is 2.77 bits per heavy atom. The van der Waals surface area contributed by atoms with Gasteiger partial charge in [-0.1, -0.05) is 6.07 Å². The van der Waals surface area contributed by atoms with Crippen molar-refractivity contribution in [3.63, 3.8) is 0 Å². The Morgan fingerprint density at radius 1 is 1.36 bits per heavy atom. The number of hydrogen-bond donors (Lipinski definition) is 1. The van der Waals surface area contributed by atoms with Crippen molar-refractivity contribution >= 4 is 20.8 Å². The molecule has 2 heterocycles. The zero-order chi connectivity index (χ0) is 23.8. The van der Waals surface area contributed by atoms with Crippen LogP contribution in [-0.2, 0) is 10.0 Å². The summed E-state index contributed by atoms with van der Waals surface area (Å²) in [6.45, 7) is -6.27. The van der Waals surface area contributed by atoms with E-state index in [0.29, 0.717) is 10.8 Å². The summed E-state index contributed by atoms with van der Waals surface area (Å²) in [6.07, 6.45) is -4.21. The summed E-state index contributed by atoms with van der Waals surface area (Å²) in [6, 6.07) is 3.38. The minimum Gasteiger partial charge on any atom is -0.328 e. The average Bonchev–Trinajstić information content (AvgIpc) is 2.64. The monoisotopic (exact) mass is 328 g/mol. The molecule has 0 saturated carbocycles. The van der Waals surface area contributed by atoms with Crippen molar-refractivity contribution in [3.05, 3.63) is 36.7 Å². The van der Waals surface area contributed by atoms with Crippen molar-refractivity contribution in [2.45, 2.75) is 30.6 Å². The second-order valence-corrected chi connectivity index (χ2v) is 6.62. The highest BCUT2D eigenvalue weighted by molar-refractivity contribution is 7.89. The van der Waals surface area contributed by atoms with Gasteiger partial charge in [-0.2, -0.15) is 4.31 Å². The Morgan fingerprint density at radius 2 is 2.09 bits per heavy atom. The molecule has 3 rings (SSSR count). The summed E-state index contributed by atoms with van der Waals surface area (Å²) in [5.74, 6) is -3.16. The first-order chi connectivity index (χ1) is 13.9. The van der Waals surface area contributed by atoms with E-state index in [2.05, 4.69) is 4.98 Å². The van der Waals surface area contributed by atoms with Gasteiger partial charge >= 0.3 is 0 Å². The third kappa shape index (κ3) is 2.86. The quantitative estimate of drug-likeness (QED) is 0.935. The van der Waals surface area contributed by atoms with E-state index in [9.17, 15) is 8.42 Å². The fourth-order valence-corrected chi connectivity index (χ4v) is 3.01. The summed E-state index contributed by atoms with van der Waals surface area (Å²) in [5.41, 5.74) is 5.65. The number of nitrogens with zero attached hydrogens (tertiary/aromatic N) is 2. The Bertz CT molecular complexity index is 1110. The SMILES string of the molecule is [2H]C1([2H])N(S(=O)(=O)c2ccc3cnccc3c2)C([2H])([2H])C([2H])([2H])C([2H])([C@@H](C)N)C1([2H])[2H]. The number of sulfonamides is 1. The predicted molar refractivity (Wildman–Crippen MR) is 86.9 cm³/mol. The maximum atomic E-state index is 13.4. The molecule has 22 heavy (non-hydrogen) atoms. The average molecular weight is 328 g/mol. The highest BCUT2D eigenvalue weighted by Gasteiger charge is 2.30. The number of pyridine rings is 1. The van der Waals surface area contributed by atoms with Crippen LogP contribution in [-0.4, -0.2) is 36.7 Å². The fraction of sp³-hybridized carbons (Fsp3) is 0.438. The molecule has 1 fully saturated rings. The summed E-state index contributed by atoms with van der Waals surface area (Å²) in [4.78, 5) is 3.33. The first-order valence-corrected chi connectivity index (χ1v) is 7.97. The summed E-state index contributed by atoms with van der Waals surface area (Å²) in [7, 11) is -5.13. The molecule has 0 bridgehead atoms. The van der Waals surface area contributed by atoms with Crippen LogP contribution in [0.2, 0.25) is 0 Å². The molecule has 1 aromatic carbocycles. The van der Waals surface area contributed by atoms with Crippen LogP contribution in [0.15, 0.2) is 41.6 Å². The number of piperidine rings is 1. The van der Waals surface area contributed by atoms with E-state index in [-0.39, 0.29) is 0 Å². The lowest BCUT2D eigenvalue weighted by molar-refractivity contribution is 0.251. The molecule has 1 atom stereocenters. The van der Waals surface area contributed by atoms with Gasteiger partial charge in [0.25, 0.3) is 0 Å².